The van der Waals surface area contributed by atoms with Crippen molar-refractivity contribution in [3.05, 3.63) is 6.61 Å². The van der Waals surface area contributed by atoms with Gasteiger partial charge in [0.2, 0.25) is 0 Å². The van der Waals surface area contributed by atoms with Crippen molar-refractivity contribution in [1.29, 1.82) is 0 Å². The van der Waals surface area contributed by atoms with Gasteiger partial charge in [-0.25, -0.2) is 4.79 Å². The molecule has 10 heavy (non-hydrogen) atoms. The highest BCUT2D eigenvalue weighted by atomic mass is 16.7. The SMILES string of the molecule is CCCC[CH]OC(=O)OC. The van der Waals surface area contributed by atoms with E-state index in [9.17, 15) is 4.79 Å². The van der Waals surface area contributed by atoms with Crippen LogP contribution >= 0.6 is 0 Å². The van der Waals surface area contributed by atoms with E-state index in [1.807, 2.05) is 0 Å². The smallest absolute Gasteiger partial charge is 0.438 e. The average Bonchev–Trinajstić information content (AvgIpc) is 1.98. The van der Waals surface area contributed by atoms with E-state index in [2.05, 4.69) is 16.4 Å². The summed E-state index contributed by atoms with van der Waals surface area (Å²) in [6.07, 6.45) is 2.29. The number of carbonyl (C=O) groups excluding carboxylic acids is 1. The number of carbonyl (C=O) groups is 1. The standard InChI is InChI=1S/C7H13O3/c1-3-4-5-6-10-7(8)9-2/h6H,3-5H2,1-2H3. The molecule has 0 aliphatic rings. The molecule has 0 rings (SSSR count). The fourth-order valence-electron chi connectivity index (χ4n) is 0.463. The second-order valence-electron chi connectivity index (χ2n) is 1.88. The molecule has 1 radical (unpaired) electrons. The van der Waals surface area contributed by atoms with Gasteiger partial charge in [0.25, 0.3) is 0 Å². The Morgan fingerprint density at radius 3 is 2.80 bits per heavy atom. The normalized spacial score (nSPS) is 9.00. The summed E-state index contributed by atoms with van der Waals surface area (Å²) in [6.45, 7) is 3.54. The van der Waals surface area contributed by atoms with Crippen molar-refractivity contribution in [1.82, 2.24) is 0 Å². The van der Waals surface area contributed by atoms with Crippen LogP contribution in [-0.2, 0) is 9.47 Å². The molecule has 0 aromatic carbocycles. The van der Waals surface area contributed by atoms with Gasteiger partial charge < -0.3 is 9.47 Å². The average molecular weight is 145 g/mol. The third kappa shape index (κ3) is 5.41. The molecule has 0 aromatic rings. The molecule has 0 aliphatic carbocycles. The van der Waals surface area contributed by atoms with Crippen LogP contribution in [0.15, 0.2) is 0 Å². The third-order valence-electron chi connectivity index (χ3n) is 1.02. The number of methoxy groups -OCH3 is 1. The molecule has 0 bridgehead atoms. The van der Waals surface area contributed by atoms with E-state index in [0.717, 1.165) is 19.3 Å². The molecule has 0 atom stereocenters. The summed E-state index contributed by atoms with van der Waals surface area (Å²) >= 11 is 0. The number of rotatable bonds is 4. The van der Waals surface area contributed by atoms with Crippen molar-refractivity contribution in [2.75, 3.05) is 7.11 Å². The first-order chi connectivity index (χ1) is 4.81. The zero-order chi connectivity index (χ0) is 7.82. The Morgan fingerprint density at radius 1 is 1.60 bits per heavy atom. The summed E-state index contributed by atoms with van der Waals surface area (Å²) in [5.74, 6) is 0. The molecule has 0 saturated heterocycles. The summed E-state index contributed by atoms with van der Waals surface area (Å²) in [7, 11) is 1.29. The van der Waals surface area contributed by atoms with Gasteiger partial charge in [0, 0.05) is 0 Å². The van der Waals surface area contributed by atoms with Crippen LogP contribution in [0.4, 0.5) is 4.79 Å². The van der Waals surface area contributed by atoms with E-state index < -0.39 is 6.16 Å². The van der Waals surface area contributed by atoms with Gasteiger partial charge >= 0.3 is 6.16 Å². The molecular formula is C7H13O3. The van der Waals surface area contributed by atoms with E-state index in [1.54, 1.807) is 0 Å². The fourth-order valence-corrected chi connectivity index (χ4v) is 0.463. The molecule has 0 spiro atoms. The molecule has 0 aliphatic heterocycles. The number of hydrogen-bond acceptors (Lipinski definition) is 3. The van der Waals surface area contributed by atoms with Crippen LogP contribution in [0.25, 0.3) is 0 Å². The minimum Gasteiger partial charge on any atom is -0.438 e. The number of unbranched alkanes of at least 4 members (excludes halogenated alkanes) is 2. The van der Waals surface area contributed by atoms with Crippen molar-refractivity contribution < 1.29 is 14.3 Å². The molecule has 0 unspecified atom stereocenters. The Kier molecular flexibility index (Phi) is 5.92. The Bertz CT molecular complexity index is 90.9. The van der Waals surface area contributed by atoms with Crippen molar-refractivity contribution >= 4 is 6.16 Å². The lowest BCUT2D eigenvalue weighted by Crippen LogP contribution is -2.01. The molecule has 0 N–H and O–H groups in total. The molecule has 3 nitrogen and oxygen atoms in total. The van der Waals surface area contributed by atoms with Crippen molar-refractivity contribution in [3.63, 3.8) is 0 Å². The predicted octanol–water partition coefficient (Wildman–Crippen LogP) is 2.12. The van der Waals surface area contributed by atoms with E-state index >= 15 is 0 Å². The Hall–Kier alpha value is -0.730. The highest BCUT2D eigenvalue weighted by Gasteiger charge is 1.98. The van der Waals surface area contributed by atoms with Gasteiger partial charge in [-0.3, -0.25) is 0 Å². The zero-order valence-corrected chi connectivity index (χ0v) is 6.42. The maximum absolute atomic E-state index is 10.3. The topological polar surface area (TPSA) is 35.5 Å². The lowest BCUT2D eigenvalue weighted by atomic mass is 10.3. The van der Waals surface area contributed by atoms with Crippen LogP contribution in [0.2, 0.25) is 0 Å². The van der Waals surface area contributed by atoms with E-state index in [-0.39, 0.29) is 0 Å². The molecule has 0 fully saturated rings. The number of hydrogen-bond donors (Lipinski definition) is 0. The van der Waals surface area contributed by atoms with Crippen molar-refractivity contribution in [3.8, 4) is 0 Å². The largest absolute Gasteiger partial charge is 0.508 e. The van der Waals surface area contributed by atoms with Crippen LogP contribution in [0, 0.1) is 6.61 Å². The van der Waals surface area contributed by atoms with Gasteiger partial charge in [-0.2, -0.15) is 0 Å². The van der Waals surface area contributed by atoms with Crippen LogP contribution < -0.4 is 0 Å². The molecule has 59 valence electrons. The van der Waals surface area contributed by atoms with Crippen molar-refractivity contribution in [2.45, 2.75) is 26.2 Å². The Balaban J connectivity index is 2.96. The maximum Gasteiger partial charge on any atom is 0.508 e. The van der Waals surface area contributed by atoms with Gasteiger partial charge in [-0.15, -0.1) is 0 Å². The van der Waals surface area contributed by atoms with Crippen LogP contribution in [0.1, 0.15) is 26.2 Å². The molecule has 3 heteroatoms. The van der Waals surface area contributed by atoms with Crippen LogP contribution in [-0.4, -0.2) is 13.3 Å². The van der Waals surface area contributed by atoms with Crippen LogP contribution in [0.5, 0.6) is 0 Å². The van der Waals surface area contributed by atoms with Crippen molar-refractivity contribution in [2.24, 2.45) is 0 Å². The van der Waals surface area contributed by atoms with Gasteiger partial charge in [0.15, 0.2) is 0 Å². The Labute approximate surface area is 61.3 Å². The minimum absolute atomic E-state index is 0.642. The lowest BCUT2D eigenvalue weighted by molar-refractivity contribution is 0.0914. The third-order valence-corrected chi connectivity index (χ3v) is 1.02. The lowest BCUT2D eigenvalue weighted by Gasteiger charge is -1.99. The molecule has 0 aromatic heterocycles. The number of ether oxygens (including phenoxy) is 2. The van der Waals surface area contributed by atoms with E-state index in [4.69, 9.17) is 0 Å². The monoisotopic (exact) mass is 145 g/mol. The first kappa shape index (κ1) is 9.27. The summed E-state index contributed by atoms with van der Waals surface area (Å²) < 4.78 is 8.75. The summed E-state index contributed by atoms with van der Waals surface area (Å²) in [6, 6.07) is 0. The zero-order valence-electron chi connectivity index (χ0n) is 6.42. The molecule has 0 saturated carbocycles. The fraction of sp³-hybridized carbons (Fsp3) is 0.714. The second kappa shape index (κ2) is 6.39. The first-order valence-electron chi connectivity index (χ1n) is 3.37. The highest BCUT2D eigenvalue weighted by Crippen LogP contribution is 1.99. The highest BCUT2D eigenvalue weighted by molar-refractivity contribution is 5.59. The van der Waals surface area contributed by atoms with E-state index in [0.29, 0.717) is 0 Å². The minimum atomic E-state index is -0.642. The summed E-state index contributed by atoms with van der Waals surface area (Å²) in [5, 5.41) is 0. The van der Waals surface area contributed by atoms with Crippen LogP contribution in [0.3, 0.4) is 0 Å². The summed E-state index contributed by atoms with van der Waals surface area (Å²) in [4.78, 5) is 10.3. The summed E-state index contributed by atoms with van der Waals surface area (Å²) in [5.41, 5.74) is 0. The predicted molar refractivity (Wildman–Crippen MR) is 37.3 cm³/mol. The van der Waals surface area contributed by atoms with Gasteiger partial charge in [0.05, 0.1) is 7.11 Å². The van der Waals surface area contributed by atoms with Gasteiger partial charge in [-0.05, 0) is 12.8 Å². The maximum atomic E-state index is 10.3. The molecular weight excluding hydrogens is 132 g/mol. The van der Waals surface area contributed by atoms with Gasteiger partial charge in [-0.1, -0.05) is 13.3 Å². The first-order valence-corrected chi connectivity index (χ1v) is 3.37. The second-order valence-corrected chi connectivity index (χ2v) is 1.88. The molecule has 0 heterocycles. The molecule has 0 amide bonds. The van der Waals surface area contributed by atoms with E-state index in [1.165, 1.54) is 13.7 Å². The quantitative estimate of drug-likeness (QED) is 0.449. The Morgan fingerprint density at radius 2 is 2.30 bits per heavy atom. The van der Waals surface area contributed by atoms with Gasteiger partial charge in [0.1, 0.15) is 6.61 Å².